The van der Waals surface area contributed by atoms with Gasteiger partial charge in [-0.2, -0.15) is 0 Å². The topological polar surface area (TPSA) is 35.5 Å². The Bertz CT molecular complexity index is 770. The summed E-state index contributed by atoms with van der Waals surface area (Å²) in [5.41, 5.74) is 0. The lowest BCUT2D eigenvalue weighted by Gasteiger charge is -2.40. The lowest BCUT2D eigenvalue weighted by Crippen LogP contribution is -2.45. The highest BCUT2D eigenvalue weighted by Gasteiger charge is 2.58. The average molecular weight is 433 g/mol. The molecule has 2 bridgehead atoms. The quantitative estimate of drug-likeness (QED) is 0.427. The molecular formula is C24H36O3SSi. The van der Waals surface area contributed by atoms with Crippen molar-refractivity contribution in [3.63, 3.8) is 0 Å². The summed E-state index contributed by atoms with van der Waals surface area (Å²) in [5, 5.41) is 0.224. The molecule has 4 rings (SSSR count). The van der Waals surface area contributed by atoms with E-state index in [1.54, 1.807) is 0 Å². The summed E-state index contributed by atoms with van der Waals surface area (Å²) in [7, 11) is -2.80. The normalized spacial score (nSPS) is 34.5. The number of ether oxygens (including phenoxy) is 1. The number of hydrogen-bond donors (Lipinski definition) is 0. The van der Waals surface area contributed by atoms with Gasteiger partial charge in [-0.1, -0.05) is 51.1 Å². The van der Waals surface area contributed by atoms with Gasteiger partial charge in [0.15, 0.2) is 8.32 Å². The maximum absolute atomic E-state index is 12.5. The summed E-state index contributed by atoms with van der Waals surface area (Å²) < 4.78 is 25.9. The zero-order chi connectivity index (χ0) is 20.8. The monoisotopic (exact) mass is 432 g/mol. The Kier molecular flexibility index (Phi) is 5.97. The largest absolute Gasteiger partial charge is 0.414 e. The SMILES string of the molecule is CC(C)(C)[Si](C)(C)O[C@H]1C[C@@H](OCCS(=O)c2ccccc2)[C@@H]2[C@H]1[C@@H]1C=C[C@H]2C1. The van der Waals surface area contributed by atoms with Gasteiger partial charge in [0, 0.05) is 4.90 Å². The molecule has 3 aliphatic rings. The van der Waals surface area contributed by atoms with Crippen LogP contribution in [-0.4, -0.2) is 37.1 Å². The molecule has 3 nitrogen and oxygen atoms in total. The standard InChI is InChI=1S/C24H36O3SSi/c1-24(2,3)29(4,5)27-21-16-20(22-17-11-12-18(15-17)23(21)22)26-13-14-28(25)19-9-7-6-8-10-19/h6-12,17-18,20-23H,13-16H2,1-5H3/t17-,18+,20+,21-,22+,23-,28?/m0/s1. The second-order valence-electron chi connectivity index (χ2n) is 10.5. The molecule has 7 atom stereocenters. The summed E-state index contributed by atoms with van der Waals surface area (Å²) in [5.74, 6) is 3.04. The van der Waals surface area contributed by atoms with Crippen molar-refractivity contribution in [3.05, 3.63) is 42.5 Å². The van der Waals surface area contributed by atoms with Gasteiger partial charge in [0.05, 0.1) is 35.4 Å². The molecule has 160 valence electrons. The molecule has 29 heavy (non-hydrogen) atoms. The van der Waals surface area contributed by atoms with Crippen LogP contribution in [0.1, 0.15) is 33.6 Å². The van der Waals surface area contributed by atoms with Crippen molar-refractivity contribution >= 4 is 19.1 Å². The Morgan fingerprint density at radius 2 is 1.62 bits per heavy atom. The fourth-order valence-corrected chi connectivity index (χ4v) is 7.62. The molecule has 1 aromatic carbocycles. The zero-order valence-corrected chi connectivity index (χ0v) is 20.3. The molecule has 0 aromatic heterocycles. The van der Waals surface area contributed by atoms with Crippen molar-refractivity contribution < 1.29 is 13.4 Å². The second-order valence-corrected chi connectivity index (χ2v) is 16.9. The van der Waals surface area contributed by atoms with E-state index in [0.29, 0.717) is 42.1 Å². The lowest BCUT2D eigenvalue weighted by molar-refractivity contribution is 0.0229. The third-order valence-corrected chi connectivity index (χ3v) is 13.6. The minimum atomic E-state index is -1.81. The van der Waals surface area contributed by atoms with Crippen LogP contribution in [0.25, 0.3) is 0 Å². The first-order chi connectivity index (χ1) is 13.7. The van der Waals surface area contributed by atoms with Crippen LogP contribution < -0.4 is 0 Å². The molecule has 2 saturated carbocycles. The van der Waals surface area contributed by atoms with Gasteiger partial charge in [0.1, 0.15) is 0 Å². The first-order valence-electron chi connectivity index (χ1n) is 11.1. The van der Waals surface area contributed by atoms with E-state index < -0.39 is 19.1 Å². The third-order valence-electron chi connectivity index (χ3n) is 7.77. The number of allylic oxidation sites excluding steroid dienone is 2. The molecule has 0 aliphatic heterocycles. The highest BCUT2D eigenvalue weighted by atomic mass is 32.2. The molecule has 2 fully saturated rings. The molecule has 3 aliphatic carbocycles. The van der Waals surface area contributed by atoms with Crippen molar-refractivity contribution in [2.24, 2.45) is 23.7 Å². The molecule has 0 amide bonds. The van der Waals surface area contributed by atoms with Crippen LogP contribution in [0.5, 0.6) is 0 Å². The number of rotatable bonds is 7. The van der Waals surface area contributed by atoms with Crippen LogP contribution >= 0.6 is 0 Å². The van der Waals surface area contributed by atoms with Gasteiger partial charge >= 0.3 is 0 Å². The minimum absolute atomic E-state index is 0.224. The van der Waals surface area contributed by atoms with Crippen molar-refractivity contribution in [2.75, 3.05) is 12.4 Å². The maximum atomic E-state index is 12.5. The van der Waals surface area contributed by atoms with Crippen molar-refractivity contribution in [1.82, 2.24) is 0 Å². The molecule has 1 unspecified atom stereocenters. The molecule has 0 radical (unpaired) electrons. The van der Waals surface area contributed by atoms with Crippen LogP contribution in [0.15, 0.2) is 47.4 Å². The smallest absolute Gasteiger partial charge is 0.192 e. The van der Waals surface area contributed by atoms with Crippen LogP contribution in [-0.2, 0) is 20.0 Å². The zero-order valence-electron chi connectivity index (χ0n) is 18.5. The molecule has 0 N–H and O–H groups in total. The van der Waals surface area contributed by atoms with Gasteiger partial charge < -0.3 is 9.16 Å². The van der Waals surface area contributed by atoms with Gasteiger partial charge in [0.25, 0.3) is 0 Å². The number of benzene rings is 1. The van der Waals surface area contributed by atoms with E-state index in [-0.39, 0.29) is 11.1 Å². The van der Waals surface area contributed by atoms with E-state index in [2.05, 4.69) is 46.0 Å². The molecule has 0 saturated heterocycles. The summed E-state index contributed by atoms with van der Waals surface area (Å²) in [4.78, 5) is 0.891. The maximum Gasteiger partial charge on any atom is 0.192 e. The average Bonchev–Trinajstić information content (AvgIpc) is 3.35. The molecule has 0 heterocycles. The Balaban J connectivity index is 1.40. The van der Waals surface area contributed by atoms with E-state index in [4.69, 9.17) is 9.16 Å². The first-order valence-corrected chi connectivity index (χ1v) is 15.3. The summed E-state index contributed by atoms with van der Waals surface area (Å²) >= 11 is 0. The van der Waals surface area contributed by atoms with Gasteiger partial charge in [-0.15, -0.1) is 0 Å². The Hall–Kier alpha value is -0.753. The third kappa shape index (κ3) is 4.21. The van der Waals surface area contributed by atoms with Gasteiger partial charge in [-0.3, -0.25) is 4.21 Å². The number of fused-ring (bicyclic) bond motifs is 5. The predicted molar refractivity (Wildman–Crippen MR) is 122 cm³/mol. The second kappa shape index (κ2) is 8.06. The van der Waals surface area contributed by atoms with Crippen molar-refractivity contribution in [2.45, 2.75) is 68.8 Å². The van der Waals surface area contributed by atoms with Crippen molar-refractivity contribution in [3.8, 4) is 0 Å². The predicted octanol–water partition coefficient (Wildman–Crippen LogP) is 5.41. The lowest BCUT2D eigenvalue weighted by atomic mass is 9.84. The van der Waals surface area contributed by atoms with E-state index >= 15 is 0 Å². The van der Waals surface area contributed by atoms with E-state index in [1.165, 1.54) is 6.42 Å². The summed E-state index contributed by atoms with van der Waals surface area (Å²) in [6.07, 6.45) is 7.66. The Morgan fingerprint density at radius 3 is 2.24 bits per heavy atom. The highest BCUT2D eigenvalue weighted by Crippen LogP contribution is 2.58. The molecule has 1 aromatic rings. The van der Waals surface area contributed by atoms with Gasteiger partial charge in [0.2, 0.25) is 0 Å². The fraction of sp³-hybridized carbons (Fsp3) is 0.667. The van der Waals surface area contributed by atoms with E-state index in [9.17, 15) is 4.21 Å². The first kappa shape index (κ1) is 21.5. The summed E-state index contributed by atoms with van der Waals surface area (Å²) in [6.45, 7) is 12.2. The molecule has 5 heteroatoms. The minimum Gasteiger partial charge on any atom is -0.414 e. The van der Waals surface area contributed by atoms with Crippen LogP contribution in [0, 0.1) is 23.7 Å². The highest BCUT2D eigenvalue weighted by molar-refractivity contribution is 7.85. The van der Waals surface area contributed by atoms with Crippen LogP contribution in [0.3, 0.4) is 0 Å². The van der Waals surface area contributed by atoms with Crippen molar-refractivity contribution in [1.29, 1.82) is 0 Å². The van der Waals surface area contributed by atoms with Crippen LogP contribution in [0.4, 0.5) is 0 Å². The molecule has 0 spiro atoms. The fourth-order valence-electron chi connectivity index (χ4n) is 5.32. The Labute approximate surface area is 179 Å². The van der Waals surface area contributed by atoms with E-state index in [1.807, 2.05) is 30.3 Å². The summed E-state index contributed by atoms with van der Waals surface area (Å²) in [6, 6.07) is 9.72. The van der Waals surface area contributed by atoms with Gasteiger partial charge in [-0.05, 0) is 66.8 Å². The van der Waals surface area contributed by atoms with E-state index in [0.717, 1.165) is 11.3 Å². The number of hydrogen-bond acceptors (Lipinski definition) is 3. The molecular weight excluding hydrogens is 396 g/mol. The Morgan fingerprint density at radius 1 is 1.00 bits per heavy atom. The van der Waals surface area contributed by atoms with Crippen LogP contribution in [0.2, 0.25) is 18.1 Å². The van der Waals surface area contributed by atoms with Gasteiger partial charge in [-0.25, -0.2) is 0 Å².